The molecule has 1 aliphatic heterocycles. The molecule has 0 bridgehead atoms. The lowest BCUT2D eigenvalue weighted by Crippen LogP contribution is -2.37. The molecule has 28 heavy (non-hydrogen) atoms. The van der Waals surface area contributed by atoms with Crippen molar-refractivity contribution in [2.45, 2.75) is 6.42 Å². The fourth-order valence-corrected chi connectivity index (χ4v) is 3.35. The Balaban J connectivity index is 1.75. The van der Waals surface area contributed by atoms with Crippen LogP contribution in [0.3, 0.4) is 0 Å². The Labute approximate surface area is 163 Å². The molecule has 2 aromatic carbocycles. The van der Waals surface area contributed by atoms with E-state index in [-0.39, 0.29) is 11.8 Å². The highest BCUT2D eigenvalue weighted by Crippen LogP contribution is 2.30. The molecular weight excluding hydrogens is 363 g/mol. The van der Waals surface area contributed by atoms with Gasteiger partial charge in [-0.15, -0.1) is 0 Å². The lowest BCUT2D eigenvalue weighted by Gasteiger charge is -2.23. The molecule has 0 aromatic heterocycles. The number of methoxy groups -OCH3 is 2. The smallest absolute Gasteiger partial charge is 0.261 e. The third-order valence-corrected chi connectivity index (χ3v) is 4.78. The molecule has 1 heterocycles. The highest BCUT2D eigenvalue weighted by Gasteiger charge is 2.27. The number of rotatable bonds is 4. The first kappa shape index (κ1) is 19.7. The number of nitrogens with zero attached hydrogens (tertiary/aromatic N) is 2. The minimum Gasteiger partial charge on any atom is -0.496 e. The Morgan fingerprint density at radius 2 is 1.43 bits per heavy atom. The van der Waals surface area contributed by atoms with Gasteiger partial charge in [-0.3, -0.25) is 9.59 Å². The molecule has 0 aliphatic carbocycles. The Morgan fingerprint density at radius 1 is 0.857 bits per heavy atom. The molecule has 6 nitrogen and oxygen atoms in total. The highest BCUT2D eigenvalue weighted by molar-refractivity contribution is 6.00. The molecule has 0 N–H and O–H groups in total. The van der Waals surface area contributed by atoms with Crippen molar-refractivity contribution in [1.82, 2.24) is 9.80 Å². The maximum absolute atomic E-state index is 13.4. The molecule has 7 heteroatoms. The quantitative estimate of drug-likeness (QED) is 0.811. The maximum Gasteiger partial charge on any atom is 0.261 e. The highest BCUT2D eigenvalue weighted by atomic mass is 19.1. The summed E-state index contributed by atoms with van der Waals surface area (Å²) >= 11 is 0. The van der Waals surface area contributed by atoms with E-state index in [2.05, 4.69) is 0 Å². The third-order valence-electron chi connectivity index (χ3n) is 4.78. The van der Waals surface area contributed by atoms with Crippen LogP contribution in [0.5, 0.6) is 11.5 Å². The van der Waals surface area contributed by atoms with E-state index in [1.165, 1.54) is 32.4 Å². The van der Waals surface area contributed by atoms with Gasteiger partial charge in [0.2, 0.25) is 0 Å². The summed E-state index contributed by atoms with van der Waals surface area (Å²) < 4.78 is 24.1. The molecule has 0 saturated carbocycles. The molecule has 0 atom stereocenters. The van der Waals surface area contributed by atoms with Gasteiger partial charge in [-0.1, -0.05) is 12.1 Å². The van der Waals surface area contributed by atoms with Gasteiger partial charge in [0, 0.05) is 31.7 Å². The number of carbonyl (C=O) groups is 2. The van der Waals surface area contributed by atoms with E-state index < -0.39 is 5.82 Å². The van der Waals surface area contributed by atoms with Crippen molar-refractivity contribution in [2.75, 3.05) is 40.4 Å². The van der Waals surface area contributed by atoms with E-state index in [9.17, 15) is 14.0 Å². The number of hydrogen-bond donors (Lipinski definition) is 0. The van der Waals surface area contributed by atoms with Crippen LogP contribution in [0.1, 0.15) is 27.1 Å². The maximum atomic E-state index is 13.4. The van der Waals surface area contributed by atoms with E-state index in [1.807, 2.05) is 0 Å². The lowest BCUT2D eigenvalue weighted by molar-refractivity contribution is 0.0714. The fraction of sp³-hybridized carbons (Fsp3) is 0.333. The van der Waals surface area contributed by atoms with Crippen LogP contribution in [0.4, 0.5) is 4.39 Å². The molecule has 2 aromatic rings. The summed E-state index contributed by atoms with van der Waals surface area (Å²) in [6.07, 6.45) is 0.629. The zero-order chi connectivity index (χ0) is 20.1. The van der Waals surface area contributed by atoms with E-state index >= 15 is 0 Å². The summed E-state index contributed by atoms with van der Waals surface area (Å²) in [7, 11) is 3.01. The van der Waals surface area contributed by atoms with Crippen LogP contribution in [0.2, 0.25) is 0 Å². The van der Waals surface area contributed by atoms with Gasteiger partial charge in [0.15, 0.2) is 0 Å². The van der Waals surface area contributed by atoms with Crippen LogP contribution in [-0.2, 0) is 0 Å². The standard InChI is InChI=1S/C21H23FN2O4/c1-27-17-8-4-9-18(28-2)19(17)21(26)24-11-5-10-23(12-13-24)20(25)15-6-3-7-16(22)14-15/h3-4,6-9,14H,5,10-13H2,1-2H3. The summed E-state index contributed by atoms with van der Waals surface area (Å²) in [6.45, 7) is 1.76. The Hall–Kier alpha value is -3.09. The van der Waals surface area contributed by atoms with Crippen LogP contribution in [-0.4, -0.2) is 62.0 Å². The largest absolute Gasteiger partial charge is 0.496 e. The topological polar surface area (TPSA) is 59.1 Å². The molecule has 0 spiro atoms. The van der Waals surface area contributed by atoms with Crippen molar-refractivity contribution in [3.05, 3.63) is 59.4 Å². The summed E-state index contributed by atoms with van der Waals surface area (Å²) in [6, 6.07) is 10.8. The second-order valence-corrected chi connectivity index (χ2v) is 6.49. The zero-order valence-corrected chi connectivity index (χ0v) is 16.0. The van der Waals surface area contributed by atoms with Gasteiger partial charge in [0.05, 0.1) is 14.2 Å². The molecule has 148 valence electrons. The average Bonchev–Trinajstić information content (AvgIpc) is 2.98. The van der Waals surface area contributed by atoms with Crippen LogP contribution in [0.15, 0.2) is 42.5 Å². The van der Waals surface area contributed by atoms with Crippen molar-refractivity contribution < 1.29 is 23.5 Å². The normalized spacial score (nSPS) is 14.4. The van der Waals surface area contributed by atoms with Crippen LogP contribution in [0, 0.1) is 5.82 Å². The first-order chi connectivity index (χ1) is 13.5. The summed E-state index contributed by atoms with van der Waals surface area (Å²) in [5.74, 6) is 0.0151. The van der Waals surface area contributed by atoms with Crippen molar-refractivity contribution >= 4 is 11.8 Å². The number of halogens is 1. The van der Waals surface area contributed by atoms with E-state index in [1.54, 1.807) is 34.1 Å². The van der Waals surface area contributed by atoms with Gasteiger partial charge < -0.3 is 19.3 Å². The second-order valence-electron chi connectivity index (χ2n) is 6.49. The number of carbonyl (C=O) groups excluding carboxylic acids is 2. The molecule has 0 unspecified atom stereocenters. The van der Waals surface area contributed by atoms with Crippen molar-refractivity contribution in [2.24, 2.45) is 0 Å². The monoisotopic (exact) mass is 386 g/mol. The third kappa shape index (κ3) is 4.08. The van der Waals surface area contributed by atoms with Gasteiger partial charge >= 0.3 is 0 Å². The fourth-order valence-electron chi connectivity index (χ4n) is 3.35. The molecule has 1 saturated heterocycles. The Kier molecular flexibility index (Phi) is 6.13. The first-order valence-corrected chi connectivity index (χ1v) is 9.10. The summed E-state index contributed by atoms with van der Waals surface area (Å²) in [5, 5.41) is 0. The number of benzene rings is 2. The SMILES string of the molecule is COc1cccc(OC)c1C(=O)N1CCCN(C(=O)c2cccc(F)c2)CC1. The predicted molar refractivity (Wildman–Crippen MR) is 102 cm³/mol. The number of hydrogen-bond acceptors (Lipinski definition) is 4. The van der Waals surface area contributed by atoms with Crippen LogP contribution >= 0.6 is 0 Å². The second kappa shape index (κ2) is 8.73. The van der Waals surface area contributed by atoms with Gasteiger partial charge in [-0.2, -0.15) is 0 Å². The van der Waals surface area contributed by atoms with Gasteiger partial charge in [-0.25, -0.2) is 4.39 Å². The van der Waals surface area contributed by atoms with Crippen molar-refractivity contribution in [3.63, 3.8) is 0 Å². The van der Waals surface area contributed by atoms with E-state index in [0.29, 0.717) is 55.2 Å². The van der Waals surface area contributed by atoms with Gasteiger partial charge in [0.25, 0.3) is 11.8 Å². The summed E-state index contributed by atoms with van der Waals surface area (Å²) in [5.41, 5.74) is 0.684. The number of amides is 2. The van der Waals surface area contributed by atoms with Crippen LogP contribution < -0.4 is 9.47 Å². The first-order valence-electron chi connectivity index (χ1n) is 9.10. The molecule has 2 amide bonds. The molecule has 0 radical (unpaired) electrons. The number of ether oxygens (including phenoxy) is 2. The molecule has 1 aliphatic rings. The zero-order valence-electron chi connectivity index (χ0n) is 16.0. The van der Waals surface area contributed by atoms with Crippen molar-refractivity contribution in [3.8, 4) is 11.5 Å². The average molecular weight is 386 g/mol. The van der Waals surface area contributed by atoms with Crippen LogP contribution in [0.25, 0.3) is 0 Å². The predicted octanol–water partition coefficient (Wildman–Crippen LogP) is 2.83. The van der Waals surface area contributed by atoms with Gasteiger partial charge in [0.1, 0.15) is 22.9 Å². The van der Waals surface area contributed by atoms with E-state index in [0.717, 1.165) is 0 Å². The Bertz CT molecular complexity index is 849. The Morgan fingerprint density at radius 3 is 2.00 bits per heavy atom. The molecule has 3 rings (SSSR count). The molecule has 1 fully saturated rings. The lowest BCUT2D eigenvalue weighted by atomic mass is 10.1. The molecular formula is C21H23FN2O4. The minimum absolute atomic E-state index is 0.200. The minimum atomic E-state index is -0.444. The summed E-state index contributed by atoms with van der Waals surface area (Å²) in [4.78, 5) is 29.1. The van der Waals surface area contributed by atoms with Gasteiger partial charge in [-0.05, 0) is 36.8 Å². The van der Waals surface area contributed by atoms with Crippen molar-refractivity contribution in [1.29, 1.82) is 0 Å². The van der Waals surface area contributed by atoms with E-state index in [4.69, 9.17) is 9.47 Å².